The molecule has 0 saturated heterocycles. The van der Waals surface area contributed by atoms with Crippen molar-refractivity contribution in [1.82, 2.24) is 4.98 Å². The van der Waals surface area contributed by atoms with Crippen molar-refractivity contribution in [3.05, 3.63) is 40.2 Å². The summed E-state index contributed by atoms with van der Waals surface area (Å²) in [5.74, 6) is 0.0120. The molecule has 0 aliphatic rings. The number of hydrogen-bond donors (Lipinski definition) is 2. The molecule has 2 rings (SSSR count). The molecule has 0 aliphatic carbocycles. The van der Waals surface area contributed by atoms with Crippen LogP contribution in [0.15, 0.2) is 18.2 Å². The van der Waals surface area contributed by atoms with Crippen LogP contribution in [0, 0.1) is 13.8 Å². The van der Waals surface area contributed by atoms with Crippen LogP contribution in [0.2, 0.25) is 5.15 Å². The van der Waals surface area contributed by atoms with Gasteiger partial charge in [0.2, 0.25) is 0 Å². The highest BCUT2D eigenvalue weighted by molar-refractivity contribution is 6.30. The Labute approximate surface area is 127 Å². The van der Waals surface area contributed by atoms with Crippen molar-refractivity contribution in [2.75, 3.05) is 12.8 Å². The van der Waals surface area contributed by atoms with Gasteiger partial charge in [0.25, 0.3) is 5.91 Å². The minimum absolute atomic E-state index is 0.0286. The minimum atomic E-state index is -0.713. The maximum Gasteiger partial charge on any atom is 0.269 e. The number of anilines is 1. The number of nitrogens with zero attached hydrogens (tertiary/aromatic N) is 1. The van der Waals surface area contributed by atoms with E-state index in [-0.39, 0.29) is 16.5 Å². The summed E-state index contributed by atoms with van der Waals surface area (Å²) in [5, 5.41) is 0.162. The summed E-state index contributed by atoms with van der Waals surface area (Å²) in [7, 11) is 1.60. The van der Waals surface area contributed by atoms with E-state index in [1.807, 2.05) is 26.0 Å². The summed E-state index contributed by atoms with van der Waals surface area (Å²) in [6.45, 7) is 3.86. The van der Waals surface area contributed by atoms with Crippen molar-refractivity contribution >= 4 is 23.2 Å². The van der Waals surface area contributed by atoms with E-state index in [2.05, 4.69) is 4.98 Å². The zero-order chi connectivity index (χ0) is 15.7. The molecule has 1 aromatic carbocycles. The highest BCUT2D eigenvalue weighted by Gasteiger charge is 2.19. The summed E-state index contributed by atoms with van der Waals surface area (Å²) >= 11 is 5.99. The van der Waals surface area contributed by atoms with Crippen LogP contribution in [-0.4, -0.2) is 18.0 Å². The lowest BCUT2D eigenvalue weighted by molar-refractivity contribution is 0.0996. The number of nitrogens with two attached hydrogens (primary N) is 2. The summed E-state index contributed by atoms with van der Waals surface area (Å²) in [5.41, 5.74) is 14.9. The lowest BCUT2D eigenvalue weighted by Crippen LogP contribution is -2.16. The van der Waals surface area contributed by atoms with Crippen LogP contribution in [0.4, 0.5) is 5.69 Å². The Morgan fingerprint density at radius 3 is 2.57 bits per heavy atom. The average molecular weight is 306 g/mol. The van der Waals surface area contributed by atoms with Crippen molar-refractivity contribution in [3.8, 4) is 16.9 Å². The lowest BCUT2D eigenvalue weighted by atomic mass is 9.94. The molecule has 0 unspecified atom stereocenters. The van der Waals surface area contributed by atoms with Gasteiger partial charge in [-0.3, -0.25) is 4.79 Å². The normalized spacial score (nSPS) is 10.5. The summed E-state index contributed by atoms with van der Waals surface area (Å²) in [6, 6.07) is 5.42. The summed E-state index contributed by atoms with van der Waals surface area (Å²) in [4.78, 5) is 15.3. The first kappa shape index (κ1) is 15.1. The van der Waals surface area contributed by atoms with Crippen molar-refractivity contribution < 1.29 is 9.53 Å². The molecule has 0 radical (unpaired) electrons. The van der Waals surface area contributed by atoms with Crippen molar-refractivity contribution in [3.63, 3.8) is 0 Å². The van der Waals surface area contributed by atoms with E-state index in [0.717, 1.165) is 22.4 Å². The largest absolute Gasteiger partial charge is 0.496 e. The molecule has 0 saturated carbocycles. The molecule has 110 valence electrons. The van der Waals surface area contributed by atoms with Gasteiger partial charge >= 0.3 is 0 Å². The number of aromatic nitrogens is 1. The number of methoxy groups -OCH3 is 1. The summed E-state index contributed by atoms with van der Waals surface area (Å²) in [6.07, 6.45) is 0. The third-order valence-corrected chi connectivity index (χ3v) is 3.57. The highest BCUT2D eigenvalue weighted by Crippen LogP contribution is 2.38. The topological polar surface area (TPSA) is 91.2 Å². The molecule has 21 heavy (non-hydrogen) atoms. The van der Waals surface area contributed by atoms with Crippen LogP contribution < -0.4 is 16.2 Å². The van der Waals surface area contributed by atoms with Crippen LogP contribution in [0.25, 0.3) is 11.1 Å². The molecule has 5 nitrogen and oxygen atoms in total. The lowest BCUT2D eigenvalue weighted by Gasteiger charge is -2.16. The number of carbonyl (C=O) groups is 1. The van der Waals surface area contributed by atoms with Gasteiger partial charge < -0.3 is 16.2 Å². The Bertz CT molecular complexity index is 729. The van der Waals surface area contributed by atoms with E-state index in [4.69, 9.17) is 27.8 Å². The smallest absolute Gasteiger partial charge is 0.269 e. The fraction of sp³-hybridized carbons (Fsp3) is 0.200. The number of halogens is 1. The van der Waals surface area contributed by atoms with E-state index in [0.29, 0.717) is 5.56 Å². The average Bonchev–Trinajstić information content (AvgIpc) is 2.42. The zero-order valence-corrected chi connectivity index (χ0v) is 12.8. The third-order valence-electron chi connectivity index (χ3n) is 3.37. The van der Waals surface area contributed by atoms with Gasteiger partial charge in [-0.05, 0) is 42.7 Å². The van der Waals surface area contributed by atoms with Crippen molar-refractivity contribution in [1.29, 1.82) is 0 Å². The minimum Gasteiger partial charge on any atom is -0.496 e. The molecule has 0 fully saturated rings. The number of amides is 1. The first-order valence-corrected chi connectivity index (χ1v) is 6.65. The molecule has 0 bridgehead atoms. The SMILES string of the molecule is COc1ccc(C)c(-c2cc(Cl)nc(C(N)=O)c2N)c1C. The van der Waals surface area contributed by atoms with Gasteiger partial charge in [-0.1, -0.05) is 17.7 Å². The van der Waals surface area contributed by atoms with Gasteiger partial charge in [0.1, 0.15) is 10.9 Å². The van der Waals surface area contributed by atoms with Gasteiger partial charge in [-0.15, -0.1) is 0 Å². The molecule has 0 atom stereocenters. The molecule has 0 aliphatic heterocycles. The van der Waals surface area contributed by atoms with Crippen molar-refractivity contribution in [2.24, 2.45) is 5.73 Å². The molecule has 6 heteroatoms. The Hall–Kier alpha value is -2.27. The van der Waals surface area contributed by atoms with E-state index in [1.165, 1.54) is 0 Å². The van der Waals surface area contributed by atoms with E-state index >= 15 is 0 Å². The molecule has 1 heterocycles. The Morgan fingerprint density at radius 1 is 1.33 bits per heavy atom. The maximum atomic E-state index is 11.4. The first-order valence-electron chi connectivity index (χ1n) is 6.27. The van der Waals surface area contributed by atoms with E-state index in [9.17, 15) is 4.79 Å². The van der Waals surface area contributed by atoms with Gasteiger partial charge in [0.05, 0.1) is 12.8 Å². The van der Waals surface area contributed by atoms with Gasteiger partial charge in [-0.25, -0.2) is 4.98 Å². The number of hydrogen-bond acceptors (Lipinski definition) is 4. The number of benzene rings is 1. The second kappa shape index (κ2) is 5.61. The number of rotatable bonds is 3. The monoisotopic (exact) mass is 305 g/mol. The van der Waals surface area contributed by atoms with Crippen LogP contribution >= 0.6 is 11.6 Å². The van der Waals surface area contributed by atoms with Crippen molar-refractivity contribution in [2.45, 2.75) is 13.8 Å². The zero-order valence-electron chi connectivity index (χ0n) is 12.0. The quantitative estimate of drug-likeness (QED) is 0.853. The maximum absolute atomic E-state index is 11.4. The molecule has 1 amide bonds. The van der Waals surface area contributed by atoms with Crippen LogP contribution in [0.3, 0.4) is 0 Å². The number of carbonyl (C=O) groups excluding carboxylic acids is 1. The van der Waals surface area contributed by atoms with Crippen LogP contribution in [0.5, 0.6) is 5.75 Å². The Balaban J connectivity index is 2.82. The second-order valence-corrected chi connectivity index (χ2v) is 5.09. The van der Waals surface area contributed by atoms with Gasteiger partial charge in [0.15, 0.2) is 5.69 Å². The number of pyridine rings is 1. The molecular weight excluding hydrogens is 290 g/mol. The van der Waals surface area contributed by atoms with Crippen LogP contribution in [0.1, 0.15) is 21.6 Å². The van der Waals surface area contributed by atoms with Gasteiger partial charge in [-0.2, -0.15) is 0 Å². The number of aryl methyl sites for hydroxylation is 1. The Morgan fingerprint density at radius 2 is 2.00 bits per heavy atom. The van der Waals surface area contributed by atoms with Crippen LogP contribution in [-0.2, 0) is 0 Å². The molecule has 1 aromatic heterocycles. The second-order valence-electron chi connectivity index (χ2n) is 4.70. The molecular formula is C15H16ClN3O2. The molecule has 0 spiro atoms. The third kappa shape index (κ3) is 2.64. The fourth-order valence-electron chi connectivity index (χ4n) is 2.38. The molecule has 2 aromatic rings. The number of nitrogen functional groups attached to an aromatic ring is 1. The highest BCUT2D eigenvalue weighted by atomic mass is 35.5. The Kier molecular flexibility index (Phi) is 4.04. The van der Waals surface area contributed by atoms with Gasteiger partial charge in [0, 0.05) is 5.56 Å². The first-order chi connectivity index (χ1) is 9.86. The predicted octanol–water partition coefficient (Wildman–Crippen LogP) is 2.71. The molecule has 4 N–H and O–H groups in total. The van der Waals surface area contributed by atoms with E-state index in [1.54, 1.807) is 13.2 Å². The van der Waals surface area contributed by atoms with E-state index < -0.39 is 5.91 Å². The summed E-state index contributed by atoms with van der Waals surface area (Å²) < 4.78 is 5.33. The standard InChI is InChI=1S/C15H16ClN3O2/c1-7-4-5-10(21-3)8(2)12(7)9-6-11(16)19-14(13(9)17)15(18)20/h4-6H,17H2,1-3H3,(H2,18,20). The predicted molar refractivity (Wildman–Crippen MR) is 83.6 cm³/mol. The number of primary amides is 1. The number of ether oxygens (including phenoxy) is 1. The fourth-order valence-corrected chi connectivity index (χ4v) is 2.58.